The van der Waals surface area contributed by atoms with Gasteiger partial charge in [-0.15, -0.1) is 0 Å². The van der Waals surface area contributed by atoms with Crippen molar-refractivity contribution in [1.29, 1.82) is 0 Å². The average Bonchev–Trinajstić information content (AvgIpc) is 2.36. The highest BCUT2D eigenvalue weighted by molar-refractivity contribution is 5.01. The van der Waals surface area contributed by atoms with Gasteiger partial charge in [0.15, 0.2) is 0 Å². The number of hydrogen-bond acceptors (Lipinski definition) is 3. The van der Waals surface area contributed by atoms with E-state index in [0.29, 0.717) is 6.04 Å². The number of hydrogen-bond donors (Lipinski definition) is 1. The van der Waals surface area contributed by atoms with E-state index in [1.165, 1.54) is 38.6 Å². The third-order valence-electron chi connectivity index (χ3n) is 6.35. The number of piperazine rings is 1. The highest BCUT2D eigenvalue weighted by Gasteiger charge is 2.43. The van der Waals surface area contributed by atoms with Crippen LogP contribution in [-0.4, -0.2) is 59.6 Å². The molecular formula is C18H35N3. The number of nitrogens with zero attached hydrogens (tertiary/aromatic N) is 2. The Morgan fingerprint density at radius 3 is 2.24 bits per heavy atom. The van der Waals surface area contributed by atoms with Gasteiger partial charge in [-0.1, -0.05) is 20.3 Å². The smallest absolute Gasteiger partial charge is 0.0253 e. The Morgan fingerprint density at radius 2 is 1.67 bits per heavy atom. The van der Waals surface area contributed by atoms with E-state index in [0.717, 1.165) is 30.6 Å². The molecule has 0 spiro atoms. The van der Waals surface area contributed by atoms with Gasteiger partial charge in [0.05, 0.1) is 0 Å². The SMILES string of the molecule is CC(C)C1CNC(C)(C)CN1C1CC2CCCC(C1)N2C. The van der Waals surface area contributed by atoms with E-state index < -0.39 is 0 Å². The van der Waals surface area contributed by atoms with Gasteiger partial charge in [0, 0.05) is 42.8 Å². The quantitative estimate of drug-likeness (QED) is 0.844. The highest BCUT2D eigenvalue weighted by atomic mass is 15.3. The second kappa shape index (κ2) is 5.82. The Labute approximate surface area is 131 Å². The fraction of sp³-hybridized carbons (Fsp3) is 1.00. The molecule has 0 saturated carbocycles. The number of nitrogens with one attached hydrogen (secondary N) is 1. The summed E-state index contributed by atoms with van der Waals surface area (Å²) in [6.45, 7) is 11.9. The Balaban J connectivity index is 1.76. The first-order valence-corrected chi connectivity index (χ1v) is 9.10. The molecule has 3 saturated heterocycles. The third kappa shape index (κ3) is 3.16. The zero-order valence-electron chi connectivity index (χ0n) is 14.7. The molecule has 0 aromatic heterocycles. The summed E-state index contributed by atoms with van der Waals surface area (Å²) >= 11 is 0. The van der Waals surface area contributed by atoms with Crippen LogP contribution < -0.4 is 5.32 Å². The van der Waals surface area contributed by atoms with Crippen LogP contribution in [0.15, 0.2) is 0 Å². The number of fused-ring (bicyclic) bond motifs is 2. The lowest BCUT2D eigenvalue weighted by molar-refractivity contribution is -0.0371. The molecule has 0 radical (unpaired) electrons. The molecule has 1 N–H and O–H groups in total. The summed E-state index contributed by atoms with van der Waals surface area (Å²) in [5.41, 5.74) is 0.268. The Hall–Kier alpha value is -0.120. The van der Waals surface area contributed by atoms with Crippen molar-refractivity contribution in [3.8, 4) is 0 Å². The van der Waals surface area contributed by atoms with Gasteiger partial charge in [-0.05, 0) is 52.5 Å². The summed E-state index contributed by atoms with van der Waals surface area (Å²) < 4.78 is 0. The molecule has 3 aliphatic heterocycles. The van der Waals surface area contributed by atoms with E-state index in [1.54, 1.807) is 0 Å². The van der Waals surface area contributed by atoms with Gasteiger partial charge < -0.3 is 10.2 Å². The van der Waals surface area contributed by atoms with Crippen LogP contribution in [0.1, 0.15) is 59.8 Å². The van der Waals surface area contributed by atoms with Crippen LogP contribution in [-0.2, 0) is 0 Å². The normalized spacial score (nSPS) is 41.4. The maximum absolute atomic E-state index is 3.77. The van der Waals surface area contributed by atoms with Crippen molar-refractivity contribution in [2.45, 2.75) is 89.5 Å². The minimum absolute atomic E-state index is 0.268. The monoisotopic (exact) mass is 293 g/mol. The molecule has 3 fully saturated rings. The van der Waals surface area contributed by atoms with Crippen LogP contribution in [0.2, 0.25) is 0 Å². The molecule has 0 amide bonds. The van der Waals surface area contributed by atoms with Crippen molar-refractivity contribution in [3.63, 3.8) is 0 Å². The molecular weight excluding hydrogens is 258 g/mol. The summed E-state index contributed by atoms with van der Waals surface area (Å²) in [6.07, 6.45) is 7.09. The molecule has 0 aromatic rings. The topological polar surface area (TPSA) is 18.5 Å². The summed E-state index contributed by atoms with van der Waals surface area (Å²) in [5, 5.41) is 3.77. The Bertz CT molecular complexity index is 351. The zero-order chi connectivity index (χ0) is 15.2. The summed E-state index contributed by atoms with van der Waals surface area (Å²) in [6, 6.07) is 3.21. The molecule has 3 nitrogen and oxygen atoms in total. The number of piperidine rings is 2. The average molecular weight is 293 g/mol. The molecule has 3 heterocycles. The van der Waals surface area contributed by atoms with Crippen LogP contribution in [0, 0.1) is 5.92 Å². The first-order chi connectivity index (χ1) is 9.87. The van der Waals surface area contributed by atoms with Crippen LogP contribution in [0.3, 0.4) is 0 Å². The standard InChI is InChI=1S/C18H35N3/c1-13(2)17-11-19-18(3,4)12-21(17)16-9-14-7-6-8-15(10-16)20(14)5/h13-17,19H,6-12H2,1-5H3. The van der Waals surface area contributed by atoms with E-state index >= 15 is 0 Å². The summed E-state index contributed by atoms with van der Waals surface area (Å²) in [7, 11) is 2.37. The zero-order valence-corrected chi connectivity index (χ0v) is 14.7. The van der Waals surface area contributed by atoms with Crippen molar-refractivity contribution in [1.82, 2.24) is 15.1 Å². The van der Waals surface area contributed by atoms with E-state index in [2.05, 4.69) is 49.9 Å². The minimum Gasteiger partial charge on any atom is -0.309 e. The Kier molecular flexibility index (Phi) is 4.37. The van der Waals surface area contributed by atoms with Crippen molar-refractivity contribution in [3.05, 3.63) is 0 Å². The lowest BCUT2D eigenvalue weighted by Gasteiger charge is -2.55. The first kappa shape index (κ1) is 15.8. The molecule has 3 rings (SSSR count). The van der Waals surface area contributed by atoms with Crippen LogP contribution in [0.4, 0.5) is 0 Å². The molecule has 122 valence electrons. The van der Waals surface area contributed by atoms with Crippen LogP contribution in [0.5, 0.6) is 0 Å². The second-order valence-electron chi connectivity index (χ2n) is 8.78. The molecule has 0 aliphatic carbocycles. The van der Waals surface area contributed by atoms with Gasteiger partial charge in [0.25, 0.3) is 0 Å². The van der Waals surface area contributed by atoms with Crippen LogP contribution >= 0.6 is 0 Å². The maximum atomic E-state index is 3.77. The molecule has 3 aliphatic rings. The summed E-state index contributed by atoms with van der Waals surface area (Å²) in [5.74, 6) is 0.744. The molecule has 3 heteroatoms. The molecule has 2 bridgehead atoms. The van der Waals surface area contributed by atoms with Gasteiger partial charge >= 0.3 is 0 Å². The van der Waals surface area contributed by atoms with Crippen molar-refractivity contribution in [2.24, 2.45) is 5.92 Å². The fourth-order valence-electron chi connectivity index (χ4n) is 5.00. The first-order valence-electron chi connectivity index (χ1n) is 9.10. The molecule has 3 atom stereocenters. The fourth-order valence-corrected chi connectivity index (χ4v) is 5.00. The van der Waals surface area contributed by atoms with Gasteiger partial charge in [-0.2, -0.15) is 0 Å². The van der Waals surface area contributed by atoms with Gasteiger partial charge in [0.1, 0.15) is 0 Å². The molecule has 3 unspecified atom stereocenters. The van der Waals surface area contributed by atoms with E-state index in [1.807, 2.05) is 0 Å². The van der Waals surface area contributed by atoms with Gasteiger partial charge in [0.2, 0.25) is 0 Å². The minimum atomic E-state index is 0.268. The predicted octanol–water partition coefficient (Wildman–Crippen LogP) is 2.71. The van der Waals surface area contributed by atoms with E-state index in [4.69, 9.17) is 0 Å². The van der Waals surface area contributed by atoms with E-state index in [9.17, 15) is 0 Å². The van der Waals surface area contributed by atoms with Crippen molar-refractivity contribution < 1.29 is 0 Å². The highest BCUT2D eigenvalue weighted by Crippen LogP contribution is 2.37. The Morgan fingerprint density at radius 1 is 1.05 bits per heavy atom. The van der Waals surface area contributed by atoms with Gasteiger partial charge in [-0.25, -0.2) is 0 Å². The molecule has 0 aromatic carbocycles. The van der Waals surface area contributed by atoms with Crippen LogP contribution in [0.25, 0.3) is 0 Å². The maximum Gasteiger partial charge on any atom is 0.0253 e. The number of rotatable bonds is 2. The van der Waals surface area contributed by atoms with Crippen molar-refractivity contribution in [2.75, 3.05) is 20.1 Å². The van der Waals surface area contributed by atoms with Gasteiger partial charge in [-0.3, -0.25) is 4.90 Å². The largest absolute Gasteiger partial charge is 0.309 e. The molecule has 21 heavy (non-hydrogen) atoms. The second-order valence-corrected chi connectivity index (χ2v) is 8.78. The lowest BCUT2D eigenvalue weighted by atomic mass is 9.79. The van der Waals surface area contributed by atoms with Crippen molar-refractivity contribution >= 4 is 0 Å². The summed E-state index contributed by atoms with van der Waals surface area (Å²) in [4.78, 5) is 5.58. The third-order valence-corrected chi connectivity index (χ3v) is 6.35. The van der Waals surface area contributed by atoms with E-state index in [-0.39, 0.29) is 5.54 Å². The lowest BCUT2D eigenvalue weighted by Crippen LogP contribution is -2.67. The predicted molar refractivity (Wildman–Crippen MR) is 89.6 cm³/mol.